The molecule has 1 aliphatic rings. The molecule has 1 fully saturated rings. The molecule has 1 aliphatic heterocycles. The summed E-state index contributed by atoms with van der Waals surface area (Å²) in [5.74, 6) is 1.24. The van der Waals surface area contributed by atoms with E-state index < -0.39 is 0 Å². The van der Waals surface area contributed by atoms with Gasteiger partial charge in [0.2, 0.25) is 0 Å². The molecule has 0 bridgehead atoms. The molecule has 1 aromatic carbocycles. The van der Waals surface area contributed by atoms with Crippen LogP contribution in [-0.4, -0.2) is 41.5 Å². The van der Waals surface area contributed by atoms with Crippen molar-refractivity contribution in [3.63, 3.8) is 0 Å². The van der Waals surface area contributed by atoms with Gasteiger partial charge in [0.05, 0.1) is 6.04 Å². The highest BCUT2D eigenvalue weighted by Gasteiger charge is 2.33. The number of nitrogens with zero attached hydrogens (tertiary/aromatic N) is 4. The van der Waals surface area contributed by atoms with Crippen molar-refractivity contribution in [2.75, 3.05) is 30.9 Å². The first-order valence-corrected chi connectivity index (χ1v) is 7.75. The topological polar surface area (TPSA) is 61.4 Å². The van der Waals surface area contributed by atoms with Gasteiger partial charge >= 0.3 is 6.03 Å². The number of amides is 2. The van der Waals surface area contributed by atoms with E-state index in [2.05, 4.69) is 15.3 Å². The molecule has 2 heterocycles. The van der Waals surface area contributed by atoms with Crippen LogP contribution in [0.1, 0.15) is 18.0 Å². The Balaban J connectivity index is 1.69. The molecule has 1 N–H and O–H groups in total. The van der Waals surface area contributed by atoms with Crippen molar-refractivity contribution >= 4 is 29.3 Å². The number of aromatic nitrogens is 2. The molecule has 1 saturated heterocycles. The van der Waals surface area contributed by atoms with Gasteiger partial charge in [-0.05, 0) is 24.1 Å². The van der Waals surface area contributed by atoms with E-state index >= 15 is 0 Å². The maximum Gasteiger partial charge on any atom is 0.323 e. The van der Waals surface area contributed by atoms with Gasteiger partial charge in [-0.3, -0.25) is 5.32 Å². The second-order valence-corrected chi connectivity index (χ2v) is 6.07. The highest BCUT2D eigenvalue weighted by Crippen LogP contribution is 2.34. The Morgan fingerprint density at radius 2 is 2.04 bits per heavy atom. The maximum absolute atomic E-state index is 12.4. The fourth-order valence-corrected chi connectivity index (χ4v) is 2.63. The molecule has 0 saturated carbocycles. The molecule has 0 aliphatic carbocycles. The van der Waals surface area contributed by atoms with E-state index in [9.17, 15) is 4.79 Å². The first-order valence-electron chi connectivity index (χ1n) is 7.37. The summed E-state index contributed by atoms with van der Waals surface area (Å²) in [5.41, 5.74) is 1.09. The summed E-state index contributed by atoms with van der Waals surface area (Å²) in [4.78, 5) is 24.3. The number of carbonyl (C=O) groups is 1. The van der Waals surface area contributed by atoms with Crippen LogP contribution in [0.25, 0.3) is 0 Å². The van der Waals surface area contributed by atoms with Crippen molar-refractivity contribution in [3.05, 3.63) is 47.2 Å². The van der Waals surface area contributed by atoms with Crippen molar-refractivity contribution in [3.8, 4) is 0 Å². The predicted molar refractivity (Wildman–Crippen MR) is 90.9 cm³/mol. The molecule has 23 heavy (non-hydrogen) atoms. The van der Waals surface area contributed by atoms with E-state index in [0.29, 0.717) is 10.8 Å². The average Bonchev–Trinajstić information content (AvgIpc) is 2.48. The summed E-state index contributed by atoms with van der Waals surface area (Å²) >= 11 is 5.91. The predicted octanol–water partition coefficient (Wildman–Crippen LogP) is 3.17. The summed E-state index contributed by atoms with van der Waals surface area (Å²) in [6.45, 7) is 0.727. The van der Waals surface area contributed by atoms with E-state index in [1.165, 1.54) is 6.33 Å². The Labute approximate surface area is 140 Å². The lowest BCUT2D eigenvalue weighted by Crippen LogP contribution is -2.47. The van der Waals surface area contributed by atoms with Crippen molar-refractivity contribution in [2.45, 2.75) is 12.5 Å². The number of nitrogens with one attached hydrogen (secondary N) is 1. The minimum atomic E-state index is -0.153. The number of likely N-dealkylation sites (tertiary alicyclic amines) is 1. The number of carbonyl (C=O) groups excluding carboxylic acids is 1. The summed E-state index contributed by atoms with van der Waals surface area (Å²) in [6.07, 6.45) is 2.39. The van der Waals surface area contributed by atoms with Gasteiger partial charge in [0.15, 0.2) is 0 Å². The molecule has 1 unspecified atom stereocenters. The van der Waals surface area contributed by atoms with E-state index in [4.69, 9.17) is 11.6 Å². The lowest BCUT2D eigenvalue weighted by molar-refractivity contribution is 0.126. The molecule has 1 aromatic heterocycles. The van der Waals surface area contributed by atoms with Crippen LogP contribution < -0.4 is 10.2 Å². The van der Waals surface area contributed by atoms with E-state index in [1.54, 1.807) is 11.0 Å². The zero-order valence-electron chi connectivity index (χ0n) is 13.0. The molecule has 120 valence electrons. The van der Waals surface area contributed by atoms with Crippen LogP contribution in [0.5, 0.6) is 0 Å². The summed E-state index contributed by atoms with van der Waals surface area (Å²) in [6, 6.07) is 9.29. The molecule has 7 heteroatoms. The monoisotopic (exact) mass is 331 g/mol. The zero-order chi connectivity index (χ0) is 16.4. The lowest BCUT2D eigenvalue weighted by Gasteiger charge is -2.41. The number of urea groups is 1. The Morgan fingerprint density at radius 1 is 1.30 bits per heavy atom. The molecule has 3 rings (SSSR count). The van der Waals surface area contributed by atoms with Crippen LogP contribution in [0.2, 0.25) is 5.02 Å². The van der Waals surface area contributed by atoms with Gasteiger partial charge < -0.3 is 9.80 Å². The third kappa shape index (κ3) is 3.37. The van der Waals surface area contributed by atoms with Gasteiger partial charge in [-0.2, -0.15) is 0 Å². The fourth-order valence-electron chi connectivity index (χ4n) is 2.50. The number of hydrogen-bond acceptors (Lipinski definition) is 4. The lowest BCUT2D eigenvalue weighted by atomic mass is 9.95. The van der Waals surface area contributed by atoms with Crippen LogP contribution in [0, 0.1) is 0 Å². The van der Waals surface area contributed by atoms with Crippen LogP contribution in [0.15, 0.2) is 36.7 Å². The van der Waals surface area contributed by atoms with Gasteiger partial charge in [-0.1, -0.05) is 23.7 Å². The second-order valence-electron chi connectivity index (χ2n) is 5.64. The van der Waals surface area contributed by atoms with Gasteiger partial charge in [0, 0.05) is 31.7 Å². The van der Waals surface area contributed by atoms with Crippen LogP contribution in [0.4, 0.5) is 16.4 Å². The molecule has 0 spiro atoms. The number of halogens is 1. The van der Waals surface area contributed by atoms with Crippen LogP contribution >= 0.6 is 11.6 Å². The normalized spacial score (nSPS) is 16.7. The standard InChI is InChI=1S/C16H18ClN5O/c1-21(2)15-9-14(18-10-19-15)20-16(23)22-8-7-13(22)11-3-5-12(17)6-4-11/h3-6,9-10,13H,7-8H2,1-2H3,(H,18,19,20,23). The van der Waals surface area contributed by atoms with Gasteiger partial charge in [-0.15, -0.1) is 0 Å². The number of anilines is 2. The number of rotatable bonds is 3. The smallest absolute Gasteiger partial charge is 0.323 e. The minimum absolute atomic E-state index is 0.0856. The van der Waals surface area contributed by atoms with Crippen molar-refractivity contribution < 1.29 is 4.79 Å². The van der Waals surface area contributed by atoms with E-state index in [0.717, 1.165) is 24.3 Å². The van der Waals surface area contributed by atoms with E-state index in [-0.39, 0.29) is 12.1 Å². The largest absolute Gasteiger partial charge is 0.363 e. The molecule has 6 nitrogen and oxygen atoms in total. The van der Waals surface area contributed by atoms with Crippen molar-refractivity contribution in [1.29, 1.82) is 0 Å². The highest BCUT2D eigenvalue weighted by atomic mass is 35.5. The minimum Gasteiger partial charge on any atom is -0.363 e. The zero-order valence-corrected chi connectivity index (χ0v) is 13.8. The van der Waals surface area contributed by atoms with Crippen LogP contribution in [-0.2, 0) is 0 Å². The molecule has 0 radical (unpaired) electrons. The van der Waals surface area contributed by atoms with Crippen LogP contribution in [0.3, 0.4) is 0 Å². The number of benzene rings is 1. The maximum atomic E-state index is 12.4. The Kier molecular flexibility index (Phi) is 4.34. The molecular formula is C16H18ClN5O. The third-order valence-electron chi connectivity index (χ3n) is 3.88. The SMILES string of the molecule is CN(C)c1cc(NC(=O)N2CCC2c2ccc(Cl)cc2)ncn1. The fraction of sp³-hybridized carbons (Fsp3) is 0.312. The van der Waals surface area contributed by atoms with Gasteiger partial charge in [-0.25, -0.2) is 14.8 Å². The van der Waals surface area contributed by atoms with Crippen molar-refractivity contribution in [2.24, 2.45) is 0 Å². The first kappa shape index (κ1) is 15.6. The van der Waals surface area contributed by atoms with Gasteiger partial charge in [0.25, 0.3) is 0 Å². The Hall–Kier alpha value is -2.34. The summed E-state index contributed by atoms with van der Waals surface area (Å²) < 4.78 is 0. The first-order chi connectivity index (χ1) is 11.0. The molecule has 2 aromatic rings. The third-order valence-corrected chi connectivity index (χ3v) is 4.13. The summed E-state index contributed by atoms with van der Waals surface area (Å²) in [5, 5.41) is 3.53. The van der Waals surface area contributed by atoms with Crippen molar-refractivity contribution in [1.82, 2.24) is 14.9 Å². The molecule has 2 amide bonds. The highest BCUT2D eigenvalue weighted by molar-refractivity contribution is 6.30. The van der Waals surface area contributed by atoms with E-state index in [1.807, 2.05) is 43.3 Å². The summed E-state index contributed by atoms with van der Waals surface area (Å²) in [7, 11) is 3.78. The Morgan fingerprint density at radius 3 is 2.65 bits per heavy atom. The molecule has 1 atom stereocenters. The Bertz CT molecular complexity index is 704. The quantitative estimate of drug-likeness (QED) is 0.938. The number of hydrogen-bond donors (Lipinski definition) is 1. The molecular weight excluding hydrogens is 314 g/mol. The van der Waals surface area contributed by atoms with Gasteiger partial charge in [0.1, 0.15) is 18.0 Å². The second kappa shape index (κ2) is 6.42. The average molecular weight is 332 g/mol.